The first-order valence-electron chi connectivity index (χ1n) is 4.02. The maximum absolute atomic E-state index is 5.99. The second-order valence-electron chi connectivity index (χ2n) is 3.17. The van der Waals surface area contributed by atoms with Crippen LogP contribution in [0.1, 0.15) is 0 Å². The molecule has 0 aromatic carbocycles. The minimum atomic E-state index is -3.86. The summed E-state index contributed by atoms with van der Waals surface area (Å²) in [6.45, 7) is 0. The molecule has 0 amide bonds. The van der Waals surface area contributed by atoms with Crippen molar-refractivity contribution in [2.24, 2.45) is 0 Å². The lowest BCUT2D eigenvalue weighted by atomic mass is 25.9. The number of halogens is 16. The lowest BCUT2D eigenvalue weighted by Crippen LogP contribution is -2.85. The fraction of sp³-hybridized carbons (Fsp3) is 0. The Labute approximate surface area is 207 Å². The zero-order valence-corrected chi connectivity index (χ0v) is 27.1. The Kier molecular flexibility index (Phi) is 14.1. The summed E-state index contributed by atoms with van der Waals surface area (Å²) in [6.07, 6.45) is -3.86. The molecule has 22 heavy (non-hydrogen) atoms. The number of hydrogen-bond acceptors (Lipinski definition) is 0. The van der Waals surface area contributed by atoms with Crippen LogP contribution < -0.4 is 0 Å². The second-order valence-corrected chi connectivity index (χ2v) is 85.6. The van der Waals surface area contributed by atoms with Crippen LogP contribution in [0.4, 0.5) is 0 Å². The fourth-order valence-corrected chi connectivity index (χ4v) is 234. The Bertz CT molecular complexity index is 274. The maximum Gasteiger partial charge on any atom is 0.440 e. The van der Waals surface area contributed by atoms with E-state index in [0.29, 0.717) is 0 Å². The molecule has 0 saturated heterocycles. The van der Waals surface area contributed by atoms with Crippen molar-refractivity contribution >= 4 is 211 Å². The minimum Gasteiger partial charge on any atom is -0.130 e. The Morgan fingerprint density at radius 2 is 0.364 bits per heavy atom. The van der Waals surface area contributed by atoms with Crippen molar-refractivity contribution in [2.45, 2.75) is 0 Å². The third-order valence-corrected chi connectivity index (χ3v) is 138. The van der Waals surface area contributed by atoms with Crippen molar-refractivity contribution in [3.8, 4) is 0 Å². The lowest BCUT2D eigenvalue weighted by Gasteiger charge is -2.45. The lowest BCUT2D eigenvalue weighted by molar-refractivity contribution is 3.13. The summed E-state index contributed by atoms with van der Waals surface area (Å²) >= 11 is 91.7. The van der Waals surface area contributed by atoms with E-state index in [0.717, 1.165) is 0 Å². The molecule has 0 radical (unpaired) electrons. The summed E-state index contributed by atoms with van der Waals surface area (Å²) in [5, 5.41) is -2.72. The standard InChI is InChI=1S/Cl12Si5.Cl4Si/c1-13(2,3)17(14(4,5)6,15(7,8)9)16(10,11)12;1-5(2,3)4. The van der Waals surface area contributed by atoms with Gasteiger partial charge in [-0.25, -0.2) is 0 Å². The van der Waals surface area contributed by atoms with Crippen LogP contribution in [0.3, 0.4) is 0 Å². The van der Waals surface area contributed by atoms with E-state index in [1.54, 1.807) is 0 Å². The smallest absolute Gasteiger partial charge is 0.130 e. The highest BCUT2D eigenvalue weighted by molar-refractivity contribution is 8.43. The molecule has 0 aromatic heterocycles. The van der Waals surface area contributed by atoms with Crippen LogP contribution in [0.5, 0.6) is 0 Å². The summed E-state index contributed by atoms with van der Waals surface area (Å²) in [7, 11) is 0. The highest BCUT2D eigenvalue weighted by Gasteiger charge is 2.87. The van der Waals surface area contributed by atoms with Gasteiger partial charge in [0.25, 0.3) is 0 Å². The molecule has 0 fully saturated rings. The summed E-state index contributed by atoms with van der Waals surface area (Å²) in [6, 6.07) is 0. The molecular formula is Cl16Si6. The zero-order chi connectivity index (χ0) is 19.0. The van der Waals surface area contributed by atoms with E-state index in [4.69, 9.17) is 177 Å². The van der Waals surface area contributed by atoms with E-state index in [1.165, 1.54) is 0 Å². The second kappa shape index (κ2) is 10.3. The quantitative estimate of drug-likeness (QED) is 0.200. The van der Waals surface area contributed by atoms with Crippen LogP contribution in [0, 0.1) is 0 Å². The van der Waals surface area contributed by atoms with Crippen LogP contribution in [0.15, 0.2) is 0 Å². The van der Waals surface area contributed by atoms with Crippen molar-refractivity contribution in [1.29, 1.82) is 0 Å². The van der Waals surface area contributed by atoms with Gasteiger partial charge in [0.2, 0.25) is 6.14 Å². The first-order chi connectivity index (χ1) is 9.00. The van der Waals surface area contributed by atoms with Gasteiger partial charge in [-0.2, -0.15) is 0 Å². The van der Waals surface area contributed by atoms with Gasteiger partial charge in [-0.3, -0.25) is 0 Å². The van der Waals surface area contributed by atoms with Crippen molar-refractivity contribution in [3.05, 3.63) is 0 Å². The van der Waals surface area contributed by atoms with Crippen LogP contribution >= 0.6 is 177 Å². The van der Waals surface area contributed by atoms with E-state index in [9.17, 15) is 0 Å². The third kappa shape index (κ3) is 9.17. The predicted molar refractivity (Wildman–Crippen MR) is 128 cm³/mol. The molecule has 136 valence electrons. The van der Waals surface area contributed by atoms with Gasteiger partial charge in [0.05, 0.1) is 0 Å². The molecule has 0 aliphatic heterocycles. The largest absolute Gasteiger partial charge is 0.440 e. The topological polar surface area (TPSA) is 0 Å². The third-order valence-electron chi connectivity index (χ3n) is 1.70. The molecule has 22 heteroatoms. The molecule has 0 bridgehead atoms. The monoisotopic (exact) mass is 727 g/mol. The van der Waals surface area contributed by atoms with E-state index in [-0.39, 0.29) is 0 Å². The highest BCUT2D eigenvalue weighted by Crippen LogP contribution is 2.58. The summed E-state index contributed by atoms with van der Waals surface area (Å²) in [5.41, 5.74) is -15.2. The van der Waals surface area contributed by atoms with Crippen molar-refractivity contribution in [1.82, 2.24) is 0 Å². The van der Waals surface area contributed by atoms with Gasteiger partial charge in [0.1, 0.15) is 0 Å². The van der Waals surface area contributed by atoms with Gasteiger partial charge in [-0.05, 0) is 0 Å². The zero-order valence-electron chi connectivity index (χ0n) is 9.05. The molecule has 0 rings (SSSR count). The average Bonchev–Trinajstić information content (AvgIpc) is 1.83. The Morgan fingerprint density at radius 1 is 0.273 bits per heavy atom. The van der Waals surface area contributed by atoms with E-state index in [2.05, 4.69) is 0 Å². The highest BCUT2D eigenvalue weighted by atomic mass is 36.0. The van der Waals surface area contributed by atoms with Crippen LogP contribution in [0.2, 0.25) is 0 Å². The normalized spacial score (nSPS) is 15.3. The van der Waals surface area contributed by atoms with Gasteiger partial charge >= 0.3 is 27.4 Å². The van der Waals surface area contributed by atoms with Crippen LogP contribution in [0.25, 0.3) is 0 Å². The minimum absolute atomic E-state index is 2.72. The molecule has 0 saturated carbocycles. The van der Waals surface area contributed by atoms with Gasteiger partial charge < -0.3 is 0 Å². The van der Waals surface area contributed by atoms with Gasteiger partial charge in [0.15, 0.2) is 0 Å². The Balaban J connectivity index is 0. The summed E-state index contributed by atoms with van der Waals surface area (Å²) in [5.74, 6) is 0. The molecule has 0 atom stereocenters. The van der Waals surface area contributed by atoms with Gasteiger partial charge in [-0.15, -0.1) is 177 Å². The van der Waals surface area contributed by atoms with E-state index < -0.39 is 33.5 Å². The Hall–Kier alpha value is 5.94. The molecular weight excluding hydrogens is 736 g/mol. The maximum atomic E-state index is 5.99. The van der Waals surface area contributed by atoms with E-state index >= 15 is 0 Å². The van der Waals surface area contributed by atoms with Crippen molar-refractivity contribution in [3.63, 3.8) is 0 Å². The van der Waals surface area contributed by atoms with Crippen molar-refractivity contribution in [2.75, 3.05) is 0 Å². The molecule has 0 nitrogen and oxygen atoms in total. The molecule has 0 aliphatic carbocycles. The number of rotatable bonds is 4. The van der Waals surface area contributed by atoms with Crippen molar-refractivity contribution < 1.29 is 0 Å². The predicted octanol–water partition coefficient (Wildman–Crippen LogP) is 8.75. The summed E-state index contributed by atoms with van der Waals surface area (Å²) < 4.78 is 0. The van der Waals surface area contributed by atoms with Gasteiger partial charge in [0, 0.05) is 0 Å². The first-order valence-corrected chi connectivity index (χ1v) is 36.2. The molecule has 0 aliphatic rings. The van der Waals surface area contributed by atoms with Crippen LogP contribution in [-0.4, -0.2) is 33.5 Å². The molecule has 0 aromatic rings. The molecule has 0 spiro atoms. The first kappa shape index (κ1) is 30.1. The van der Waals surface area contributed by atoms with Crippen LogP contribution in [-0.2, 0) is 0 Å². The Morgan fingerprint density at radius 3 is 0.364 bits per heavy atom. The SMILES string of the molecule is Cl[Si](Cl)(Cl)Cl.Cl[Si](Cl)(Cl)[Si]([Si](Cl)(Cl)Cl)([Si](Cl)(Cl)Cl)[Si](Cl)(Cl)Cl. The average molecular weight is 736 g/mol. The van der Waals surface area contributed by atoms with Gasteiger partial charge in [-0.1, -0.05) is 0 Å². The molecule has 0 heterocycles. The molecule has 0 N–H and O–H groups in total. The fourth-order valence-electron chi connectivity index (χ4n) is 0.964. The molecule has 0 unspecified atom stereocenters. The number of hydrogen-bond donors (Lipinski definition) is 0. The van der Waals surface area contributed by atoms with E-state index in [1.807, 2.05) is 0 Å². The summed E-state index contributed by atoms with van der Waals surface area (Å²) in [4.78, 5) is 0.